The number of ether oxygens (including phenoxy) is 5. The second-order valence-corrected chi connectivity index (χ2v) is 10.6. The zero-order chi connectivity index (χ0) is 34.2. The number of aromatic amines is 1. The average Bonchev–Trinajstić information content (AvgIpc) is 3.45. The summed E-state index contributed by atoms with van der Waals surface area (Å²) in [5.74, 6) is -0.207. The van der Waals surface area contributed by atoms with Gasteiger partial charge >= 0.3 is 11.9 Å². The molecule has 0 aliphatic heterocycles. The highest BCUT2D eigenvalue weighted by atomic mass is 35.5. The van der Waals surface area contributed by atoms with Crippen molar-refractivity contribution < 1.29 is 38.1 Å². The molecule has 5 rings (SSSR count). The lowest BCUT2D eigenvalue weighted by Crippen LogP contribution is -2.19. The highest BCUT2D eigenvalue weighted by Gasteiger charge is 2.22. The first-order valence-corrected chi connectivity index (χ1v) is 15.3. The first kappa shape index (κ1) is 33.6. The van der Waals surface area contributed by atoms with Gasteiger partial charge < -0.3 is 28.7 Å². The summed E-state index contributed by atoms with van der Waals surface area (Å²) in [6, 6.07) is 22.0. The summed E-state index contributed by atoms with van der Waals surface area (Å²) in [6.07, 6.45) is 1.44. The standard InChI is InChI=1S/C36H32ClN3O8/c1-5-45-24-13-14-28-26(19-24)33(25-9-7-8-10-27(25)37)34(39-28)35(42)40-38-20-22-11-15-30(32(17-22)46-6-2)48-36(43)23-12-16-29(47-21(3)41)31(18-23)44-4/h7-20,39H,5-6H2,1-4H3,(H,40,42). The first-order valence-electron chi connectivity index (χ1n) is 14.9. The number of nitrogens with zero attached hydrogens (tertiary/aromatic N) is 1. The maximum atomic E-state index is 13.5. The van der Waals surface area contributed by atoms with Crippen LogP contribution in [0.3, 0.4) is 0 Å². The number of nitrogens with one attached hydrogen (secondary N) is 2. The van der Waals surface area contributed by atoms with E-state index < -0.39 is 17.8 Å². The molecule has 48 heavy (non-hydrogen) atoms. The molecule has 2 N–H and O–H groups in total. The molecular formula is C36H32ClN3O8. The Kier molecular flexibility index (Phi) is 10.6. The van der Waals surface area contributed by atoms with Crippen molar-refractivity contribution in [2.45, 2.75) is 20.8 Å². The van der Waals surface area contributed by atoms with Crippen LogP contribution < -0.4 is 29.1 Å². The van der Waals surface area contributed by atoms with Crippen molar-refractivity contribution in [1.29, 1.82) is 0 Å². The van der Waals surface area contributed by atoms with Crippen molar-refractivity contribution in [1.82, 2.24) is 10.4 Å². The zero-order valence-electron chi connectivity index (χ0n) is 26.6. The van der Waals surface area contributed by atoms with Crippen LogP contribution in [0.1, 0.15) is 47.2 Å². The third kappa shape index (κ3) is 7.59. The number of hydrazone groups is 1. The molecule has 0 aliphatic carbocycles. The summed E-state index contributed by atoms with van der Waals surface area (Å²) in [7, 11) is 1.39. The number of hydrogen-bond donors (Lipinski definition) is 2. The Bertz CT molecular complexity index is 2020. The minimum Gasteiger partial charge on any atom is -0.494 e. The van der Waals surface area contributed by atoms with Crippen molar-refractivity contribution in [3.63, 3.8) is 0 Å². The maximum Gasteiger partial charge on any atom is 0.343 e. The van der Waals surface area contributed by atoms with Crippen LogP contribution in [0.2, 0.25) is 5.02 Å². The normalized spacial score (nSPS) is 10.9. The van der Waals surface area contributed by atoms with Crippen LogP contribution in [0.25, 0.3) is 22.0 Å². The molecule has 4 aromatic carbocycles. The van der Waals surface area contributed by atoms with Crippen molar-refractivity contribution in [3.05, 3.63) is 101 Å². The number of carbonyl (C=O) groups excluding carboxylic acids is 3. The summed E-state index contributed by atoms with van der Waals surface area (Å²) in [4.78, 5) is 41.0. The largest absolute Gasteiger partial charge is 0.494 e. The monoisotopic (exact) mass is 669 g/mol. The Morgan fingerprint density at radius 1 is 0.854 bits per heavy atom. The van der Waals surface area contributed by atoms with Gasteiger partial charge in [-0.2, -0.15) is 5.10 Å². The minimum absolute atomic E-state index is 0.167. The second-order valence-electron chi connectivity index (χ2n) is 10.2. The molecule has 0 atom stereocenters. The summed E-state index contributed by atoms with van der Waals surface area (Å²) in [5, 5.41) is 5.42. The highest BCUT2D eigenvalue weighted by molar-refractivity contribution is 6.34. The third-order valence-corrected chi connectivity index (χ3v) is 7.28. The molecule has 0 aliphatic rings. The fourth-order valence-electron chi connectivity index (χ4n) is 4.91. The molecule has 1 heterocycles. The van der Waals surface area contributed by atoms with Crippen molar-refractivity contribution in [2.75, 3.05) is 20.3 Å². The summed E-state index contributed by atoms with van der Waals surface area (Å²) < 4.78 is 27.4. The van der Waals surface area contributed by atoms with E-state index in [4.69, 9.17) is 35.3 Å². The van der Waals surface area contributed by atoms with Gasteiger partial charge in [0.05, 0.1) is 32.1 Å². The molecule has 12 heteroatoms. The molecule has 0 bridgehead atoms. The molecule has 11 nitrogen and oxygen atoms in total. The number of aromatic nitrogens is 1. The van der Waals surface area contributed by atoms with Gasteiger partial charge in [-0.1, -0.05) is 29.8 Å². The van der Waals surface area contributed by atoms with Gasteiger partial charge in [-0.25, -0.2) is 10.2 Å². The van der Waals surface area contributed by atoms with E-state index in [1.165, 1.54) is 38.4 Å². The quantitative estimate of drug-likeness (QED) is 0.0616. The van der Waals surface area contributed by atoms with Crippen molar-refractivity contribution in [3.8, 4) is 39.9 Å². The van der Waals surface area contributed by atoms with Crippen LogP contribution in [0, 0.1) is 0 Å². The van der Waals surface area contributed by atoms with Gasteiger partial charge in [0.2, 0.25) is 0 Å². The molecular weight excluding hydrogens is 638 g/mol. The van der Waals surface area contributed by atoms with E-state index in [0.29, 0.717) is 40.7 Å². The van der Waals surface area contributed by atoms with Gasteiger partial charge in [0.15, 0.2) is 23.0 Å². The maximum absolute atomic E-state index is 13.5. The molecule has 0 unspecified atom stereocenters. The Morgan fingerprint density at radius 2 is 1.60 bits per heavy atom. The van der Waals surface area contributed by atoms with Crippen LogP contribution in [-0.4, -0.2) is 49.4 Å². The van der Waals surface area contributed by atoms with Crippen molar-refractivity contribution >= 4 is 46.6 Å². The molecule has 1 aromatic heterocycles. The molecule has 246 valence electrons. The Hall–Kier alpha value is -5.81. The Morgan fingerprint density at radius 3 is 2.33 bits per heavy atom. The zero-order valence-corrected chi connectivity index (χ0v) is 27.3. The minimum atomic E-state index is -0.682. The van der Waals surface area contributed by atoms with Gasteiger partial charge in [0.1, 0.15) is 11.4 Å². The summed E-state index contributed by atoms with van der Waals surface area (Å²) in [6.45, 7) is 5.75. The number of rotatable bonds is 12. The van der Waals surface area contributed by atoms with E-state index >= 15 is 0 Å². The van der Waals surface area contributed by atoms with E-state index in [-0.39, 0.29) is 34.3 Å². The number of benzene rings is 4. The Labute approximate surface area is 281 Å². The van der Waals surface area contributed by atoms with Crippen LogP contribution in [0.15, 0.2) is 84.0 Å². The van der Waals surface area contributed by atoms with Crippen LogP contribution >= 0.6 is 11.6 Å². The predicted octanol–water partition coefficient (Wildman–Crippen LogP) is 7.20. The lowest BCUT2D eigenvalue weighted by molar-refractivity contribution is -0.132. The number of halogens is 1. The van der Waals surface area contributed by atoms with Gasteiger partial charge in [0, 0.05) is 34.0 Å². The smallest absolute Gasteiger partial charge is 0.343 e. The third-order valence-electron chi connectivity index (χ3n) is 6.95. The van der Waals surface area contributed by atoms with E-state index in [1.54, 1.807) is 31.2 Å². The number of carbonyl (C=O) groups is 3. The van der Waals surface area contributed by atoms with E-state index in [9.17, 15) is 14.4 Å². The van der Waals surface area contributed by atoms with Crippen LogP contribution in [0.4, 0.5) is 0 Å². The van der Waals surface area contributed by atoms with Gasteiger partial charge in [-0.05, 0) is 80.1 Å². The molecule has 0 radical (unpaired) electrons. The lowest BCUT2D eigenvalue weighted by Gasteiger charge is -2.13. The highest BCUT2D eigenvalue weighted by Crippen LogP contribution is 2.38. The SMILES string of the molecule is CCOc1ccc2[nH]c(C(=O)NN=Cc3ccc(OC(=O)c4ccc(OC(C)=O)c(OC)c4)c(OCC)c3)c(-c3ccccc3Cl)c2c1. The van der Waals surface area contributed by atoms with Crippen LogP contribution in [0.5, 0.6) is 28.7 Å². The van der Waals surface area contributed by atoms with E-state index in [2.05, 4.69) is 15.5 Å². The molecule has 0 saturated heterocycles. The Balaban J connectivity index is 1.36. The lowest BCUT2D eigenvalue weighted by atomic mass is 10.0. The second kappa shape index (κ2) is 15.2. The number of H-pyrrole nitrogens is 1. The molecule has 0 saturated carbocycles. The fourth-order valence-corrected chi connectivity index (χ4v) is 5.14. The molecule has 1 amide bonds. The number of amides is 1. The van der Waals surface area contributed by atoms with Crippen molar-refractivity contribution in [2.24, 2.45) is 5.10 Å². The number of hydrogen-bond acceptors (Lipinski definition) is 9. The molecule has 0 fully saturated rings. The van der Waals surface area contributed by atoms with Crippen LogP contribution in [-0.2, 0) is 4.79 Å². The molecule has 0 spiro atoms. The summed E-state index contributed by atoms with van der Waals surface area (Å²) >= 11 is 6.56. The van der Waals surface area contributed by atoms with E-state index in [0.717, 1.165) is 10.9 Å². The number of fused-ring (bicyclic) bond motifs is 1. The molecule has 5 aromatic rings. The van der Waals surface area contributed by atoms with Gasteiger partial charge in [-0.3, -0.25) is 9.59 Å². The summed E-state index contributed by atoms with van der Waals surface area (Å²) in [5.41, 5.74) is 5.62. The van der Waals surface area contributed by atoms with Gasteiger partial charge in [-0.15, -0.1) is 0 Å². The fraction of sp³-hybridized carbons (Fsp3) is 0.167. The number of methoxy groups -OCH3 is 1. The van der Waals surface area contributed by atoms with E-state index in [1.807, 2.05) is 43.3 Å². The average molecular weight is 670 g/mol. The predicted molar refractivity (Wildman–Crippen MR) is 182 cm³/mol. The van der Waals surface area contributed by atoms with Gasteiger partial charge in [0.25, 0.3) is 5.91 Å². The first-order chi connectivity index (χ1) is 23.2. The topological polar surface area (TPSA) is 138 Å². The number of esters is 2.